The predicted octanol–water partition coefficient (Wildman–Crippen LogP) is 0.796. The molecule has 0 aromatic carbocycles. The second kappa shape index (κ2) is 8.05. The molecule has 1 atom stereocenters. The van der Waals surface area contributed by atoms with Gasteiger partial charge in [0, 0.05) is 38.6 Å². The van der Waals surface area contributed by atoms with Crippen LogP contribution in [0.3, 0.4) is 0 Å². The summed E-state index contributed by atoms with van der Waals surface area (Å²) in [4.78, 5) is 42.9. The number of rotatable bonds is 6. The molecule has 1 N–H and O–H groups in total. The molecule has 0 aromatic rings. The lowest BCUT2D eigenvalue weighted by molar-refractivity contribution is -0.144. The number of nitrogens with zero attached hydrogens (tertiary/aromatic N) is 3. The molecule has 0 bridgehead atoms. The highest BCUT2D eigenvalue weighted by molar-refractivity contribution is 6.06. The van der Waals surface area contributed by atoms with Crippen molar-refractivity contribution in [1.82, 2.24) is 20.0 Å². The lowest BCUT2D eigenvalue weighted by Crippen LogP contribution is -2.53. The van der Waals surface area contributed by atoms with Gasteiger partial charge < -0.3 is 5.32 Å². The van der Waals surface area contributed by atoms with Gasteiger partial charge in [0.2, 0.25) is 17.7 Å². The summed E-state index contributed by atoms with van der Waals surface area (Å²) in [6.07, 6.45) is 5.19. The topological polar surface area (TPSA) is 73.0 Å². The van der Waals surface area contributed by atoms with E-state index in [4.69, 9.17) is 0 Å². The van der Waals surface area contributed by atoms with Gasteiger partial charge in [-0.2, -0.15) is 0 Å². The van der Waals surface area contributed by atoms with Crippen LogP contribution in [-0.2, 0) is 14.4 Å². The van der Waals surface area contributed by atoms with Gasteiger partial charge in [0.25, 0.3) is 0 Å². The van der Waals surface area contributed by atoms with E-state index in [9.17, 15) is 14.4 Å². The molecule has 3 fully saturated rings. The summed E-state index contributed by atoms with van der Waals surface area (Å²) < 4.78 is 0. The second-order valence-electron chi connectivity index (χ2n) is 8.20. The third kappa shape index (κ3) is 4.09. The molecule has 146 valence electrons. The first kappa shape index (κ1) is 19.3. The van der Waals surface area contributed by atoms with Gasteiger partial charge in [-0.1, -0.05) is 19.8 Å². The summed E-state index contributed by atoms with van der Waals surface area (Å²) >= 11 is 0. The molecule has 2 heterocycles. The van der Waals surface area contributed by atoms with Crippen LogP contribution in [0.1, 0.15) is 52.4 Å². The summed E-state index contributed by atoms with van der Waals surface area (Å²) in [7, 11) is 0. The third-order valence-electron chi connectivity index (χ3n) is 6.24. The number of piperazine rings is 1. The number of hydrogen-bond acceptors (Lipinski definition) is 5. The third-order valence-corrected chi connectivity index (χ3v) is 6.24. The molecule has 2 saturated heterocycles. The second-order valence-corrected chi connectivity index (χ2v) is 8.20. The minimum atomic E-state index is -0.382. The average Bonchev–Trinajstić information content (AvgIpc) is 3.17. The smallest absolute Gasteiger partial charge is 0.237 e. The lowest BCUT2D eigenvalue weighted by atomic mass is 9.85. The first-order chi connectivity index (χ1) is 12.4. The van der Waals surface area contributed by atoms with E-state index < -0.39 is 0 Å². The van der Waals surface area contributed by atoms with Gasteiger partial charge >= 0.3 is 0 Å². The average molecular weight is 364 g/mol. The van der Waals surface area contributed by atoms with Gasteiger partial charge in [0.15, 0.2) is 0 Å². The molecule has 3 rings (SSSR count). The van der Waals surface area contributed by atoms with Gasteiger partial charge in [0.05, 0.1) is 18.6 Å². The first-order valence-corrected chi connectivity index (χ1v) is 10.0. The normalized spacial score (nSPS) is 25.2. The maximum Gasteiger partial charge on any atom is 0.237 e. The Bertz CT molecular complexity index is 551. The summed E-state index contributed by atoms with van der Waals surface area (Å²) in [6, 6.07) is 0.207. The van der Waals surface area contributed by atoms with E-state index in [1.165, 1.54) is 4.90 Å². The summed E-state index contributed by atoms with van der Waals surface area (Å²) in [5, 5.41) is 2.99. The first-order valence-electron chi connectivity index (χ1n) is 10.0. The van der Waals surface area contributed by atoms with E-state index in [0.29, 0.717) is 19.6 Å². The van der Waals surface area contributed by atoms with Crippen LogP contribution in [-0.4, -0.2) is 77.9 Å². The van der Waals surface area contributed by atoms with E-state index >= 15 is 0 Å². The number of likely N-dealkylation sites (tertiary alicyclic amines) is 1. The highest BCUT2D eigenvalue weighted by Gasteiger charge is 2.52. The predicted molar refractivity (Wildman–Crippen MR) is 98.1 cm³/mol. The van der Waals surface area contributed by atoms with Crippen LogP contribution in [0, 0.1) is 5.41 Å². The fraction of sp³-hybridized carbons (Fsp3) is 0.842. The maximum atomic E-state index is 12.8. The van der Waals surface area contributed by atoms with Crippen molar-refractivity contribution < 1.29 is 14.4 Å². The van der Waals surface area contributed by atoms with Crippen LogP contribution in [0.25, 0.3) is 0 Å². The summed E-state index contributed by atoms with van der Waals surface area (Å²) in [5.41, 5.74) is -0.382. The molecule has 26 heavy (non-hydrogen) atoms. The Morgan fingerprint density at radius 2 is 1.73 bits per heavy atom. The van der Waals surface area contributed by atoms with Crippen molar-refractivity contribution in [3.05, 3.63) is 0 Å². The zero-order valence-electron chi connectivity index (χ0n) is 16.1. The van der Waals surface area contributed by atoms with Crippen LogP contribution in [0.4, 0.5) is 0 Å². The molecular formula is C19H32N4O3. The summed E-state index contributed by atoms with van der Waals surface area (Å²) in [6.45, 7) is 8.03. The molecule has 0 radical (unpaired) electrons. The zero-order valence-corrected chi connectivity index (χ0v) is 16.1. The Morgan fingerprint density at radius 3 is 2.35 bits per heavy atom. The lowest BCUT2D eigenvalue weighted by Gasteiger charge is -2.36. The van der Waals surface area contributed by atoms with Crippen molar-refractivity contribution in [2.45, 2.75) is 58.4 Å². The SMILES string of the molecule is CC[C@H](C)NC(=O)CN1CCN(CN2C(=O)CC3(CCCC3)C2=O)CC1. The van der Waals surface area contributed by atoms with Gasteiger partial charge in [-0.3, -0.25) is 29.1 Å². The van der Waals surface area contributed by atoms with Gasteiger partial charge in [-0.15, -0.1) is 0 Å². The Balaban J connectivity index is 1.45. The van der Waals surface area contributed by atoms with E-state index in [0.717, 1.165) is 58.3 Å². The number of carbonyl (C=O) groups is 3. The Kier molecular flexibility index (Phi) is 5.97. The number of amides is 3. The molecule has 1 spiro atoms. The van der Waals surface area contributed by atoms with Crippen molar-refractivity contribution in [3.8, 4) is 0 Å². The molecule has 1 aliphatic carbocycles. The molecule has 1 saturated carbocycles. The quantitative estimate of drug-likeness (QED) is 0.706. The maximum absolute atomic E-state index is 12.8. The number of imide groups is 1. The molecule has 0 aromatic heterocycles. The Labute approximate surface area is 156 Å². The molecule has 0 unspecified atom stereocenters. The fourth-order valence-corrected chi connectivity index (χ4v) is 4.36. The van der Waals surface area contributed by atoms with E-state index in [1.807, 2.05) is 6.92 Å². The molecule has 2 aliphatic heterocycles. The monoisotopic (exact) mass is 364 g/mol. The minimum absolute atomic E-state index is 0.00717. The molecule has 7 nitrogen and oxygen atoms in total. The van der Waals surface area contributed by atoms with Crippen molar-refractivity contribution >= 4 is 17.7 Å². The van der Waals surface area contributed by atoms with E-state index in [-0.39, 0.29) is 29.2 Å². The van der Waals surface area contributed by atoms with Crippen LogP contribution >= 0.6 is 0 Å². The van der Waals surface area contributed by atoms with Crippen molar-refractivity contribution in [2.75, 3.05) is 39.4 Å². The molecule has 3 aliphatic rings. The van der Waals surface area contributed by atoms with Crippen molar-refractivity contribution in [2.24, 2.45) is 5.41 Å². The highest BCUT2D eigenvalue weighted by Crippen LogP contribution is 2.46. The standard InChI is InChI=1S/C19H32N4O3/c1-3-15(2)20-16(24)13-21-8-10-22(11-9-21)14-23-17(25)12-19(18(23)26)6-4-5-7-19/h15H,3-14H2,1-2H3,(H,20,24)/t15-/m0/s1. The van der Waals surface area contributed by atoms with Crippen molar-refractivity contribution in [3.63, 3.8) is 0 Å². The van der Waals surface area contributed by atoms with Crippen LogP contribution in [0.15, 0.2) is 0 Å². The number of nitrogens with one attached hydrogen (secondary N) is 1. The van der Waals surface area contributed by atoms with Crippen LogP contribution in [0.2, 0.25) is 0 Å². The Morgan fingerprint density at radius 1 is 1.12 bits per heavy atom. The van der Waals surface area contributed by atoms with Gasteiger partial charge in [0.1, 0.15) is 0 Å². The molecule has 3 amide bonds. The largest absolute Gasteiger partial charge is 0.353 e. The Hall–Kier alpha value is -1.47. The summed E-state index contributed by atoms with van der Waals surface area (Å²) in [5.74, 6) is 0.114. The van der Waals surface area contributed by atoms with Gasteiger partial charge in [-0.25, -0.2) is 0 Å². The zero-order chi connectivity index (χ0) is 18.7. The van der Waals surface area contributed by atoms with E-state index in [1.54, 1.807) is 0 Å². The molecule has 7 heteroatoms. The molecular weight excluding hydrogens is 332 g/mol. The van der Waals surface area contributed by atoms with Gasteiger partial charge in [-0.05, 0) is 26.2 Å². The van der Waals surface area contributed by atoms with Crippen LogP contribution in [0.5, 0.6) is 0 Å². The highest BCUT2D eigenvalue weighted by atomic mass is 16.2. The fourth-order valence-electron chi connectivity index (χ4n) is 4.36. The van der Waals surface area contributed by atoms with Crippen LogP contribution < -0.4 is 5.32 Å². The van der Waals surface area contributed by atoms with Crippen molar-refractivity contribution in [1.29, 1.82) is 0 Å². The minimum Gasteiger partial charge on any atom is -0.353 e. The number of carbonyl (C=O) groups excluding carboxylic acids is 3. The van der Waals surface area contributed by atoms with E-state index in [2.05, 4.69) is 22.0 Å². The number of hydrogen-bond donors (Lipinski definition) is 1.